The fraction of sp³-hybridized carbons (Fsp3) is 0.375. The number of pyridine rings is 1. The van der Waals surface area contributed by atoms with E-state index in [-0.39, 0.29) is 5.91 Å². The van der Waals surface area contributed by atoms with E-state index in [9.17, 15) is 4.79 Å². The summed E-state index contributed by atoms with van der Waals surface area (Å²) in [7, 11) is 2.16. The van der Waals surface area contributed by atoms with Gasteiger partial charge in [0.05, 0.1) is 25.8 Å². The van der Waals surface area contributed by atoms with Gasteiger partial charge in [0.1, 0.15) is 11.3 Å². The van der Waals surface area contributed by atoms with Crippen LogP contribution in [0.4, 0.5) is 0 Å². The predicted molar refractivity (Wildman–Crippen MR) is 84.6 cm³/mol. The molecule has 2 aromatic rings. The van der Waals surface area contributed by atoms with Crippen LogP contribution in [0.15, 0.2) is 30.1 Å². The number of hydrazine groups is 1. The zero-order chi connectivity index (χ0) is 15.7. The molecule has 1 atom stereocenters. The van der Waals surface area contributed by atoms with E-state index in [4.69, 9.17) is 0 Å². The fourth-order valence-corrected chi connectivity index (χ4v) is 2.70. The minimum Gasteiger partial charge on any atom is -0.334 e. The van der Waals surface area contributed by atoms with E-state index in [2.05, 4.69) is 29.0 Å². The molecule has 0 aliphatic carbocycles. The van der Waals surface area contributed by atoms with Crippen molar-refractivity contribution in [1.82, 2.24) is 20.2 Å². The Labute approximate surface area is 129 Å². The van der Waals surface area contributed by atoms with Gasteiger partial charge in [0.2, 0.25) is 0 Å². The summed E-state index contributed by atoms with van der Waals surface area (Å²) in [6.45, 7) is 5.91. The van der Waals surface area contributed by atoms with Gasteiger partial charge in [-0.3, -0.25) is 14.6 Å². The zero-order valence-electron chi connectivity index (χ0n) is 13.2. The van der Waals surface area contributed by atoms with Gasteiger partial charge in [-0.25, -0.2) is 4.98 Å². The van der Waals surface area contributed by atoms with Crippen molar-refractivity contribution in [2.75, 3.05) is 20.1 Å². The van der Waals surface area contributed by atoms with Crippen molar-refractivity contribution in [3.8, 4) is 0 Å². The number of aromatic nitrogens is 2. The Morgan fingerprint density at radius 3 is 2.91 bits per heavy atom. The molecular weight excluding hydrogens is 278 g/mol. The van der Waals surface area contributed by atoms with E-state index >= 15 is 0 Å². The van der Waals surface area contributed by atoms with Gasteiger partial charge >= 0.3 is 0 Å². The molecule has 0 fully saturated rings. The molecule has 0 spiro atoms. The van der Waals surface area contributed by atoms with E-state index in [0.717, 1.165) is 42.1 Å². The third-order valence-electron chi connectivity index (χ3n) is 4.01. The van der Waals surface area contributed by atoms with Gasteiger partial charge in [-0.05, 0) is 31.6 Å². The molecule has 1 amide bonds. The Bertz CT molecular complexity index is 746. The van der Waals surface area contributed by atoms with Gasteiger partial charge in [-0.15, -0.1) is 0 Å². The number of quaternary nitrogens is 1. The Morgan fingerprint density at radius 2 is 2.18 bits per heavy atom. The highest BCUT2D eigenvalue weighted by Crippen LogP contribution is 2.13. The number of hydrogen-bond donors (Lipinski definition) is 3. The summed E-state index contributed by atoms with van der Waals surface area (Å²) in [6.07, 6.45) is 5.00. The van der Waals surface area contributed by atoms with Gasteiger partial charge in [0.25, 0.3) is 5.91 Å². The first-order valence-electron chi connectivity index (χ1n) is 7.56. The number of aryl methyl sites for hydroxylation is 2. The summed E-state index contributed by atoms with van der Waals surface area (Å²) in [5.41, 5.74) is 10.1. The maximum absolute atomic E-state index is 12.5. The maximum Gasteiger partial charge on any atom is 0.288 e. The highest BCUT2D eigenvalue weighted by molar-refractivity contribution is 5.94. The van der Waals surface area contributed by atoms with Crippen LogP contribution in [-0.2, 0) is 0 Å². The molecular formula is C16H22N5O+. The third-order valence-corrected chi connectivity index (χ3v) is 4.01. The number of fused-ring (bicyclic) bond motifs is 1. The average molecular weight is 300 g/mol. The molecule has 2 aromatic heterocycles. The number of carbonyl (C=O) groups excluding carboxylic acids is 1. The molecule has 6 heteroatoms. The summed E-state index contributed by atoms with van der Waals surface area (Å²) in [4.78, 5) is 18.4. The molecule has 116 valence electrons. The Balaban J connectivity index is 1.78. The lowest BCUT2D eigenvalue weighted by Crippen LogP contribution is -3.09. The number of likely N-dealkylation sites (N-methyl/N-ethyl adjacent to an activating group) is 1. The fourth-order valence-electron chi connectivity index (χ4n) is 2.70. The largest absolute Gasteiger partial charge is 0.334 e. The van der Waals surface area contributed by atoms with Crippen molar-refractivity contribution >= 4 is 11.6 Å². The number of rotatable bonds is 3. The highest BCUT2D eigenvalue weighted by atomic mass is 16.2. The van der Waals surface area contributed by atoms with Crippen LogP contribution in [0.1, 0.15) is 28.2 Å². The maximum atomic E-state index is 12.5. The second-order valence-electron chi connectivity index (χ2n) is 5.95. The molecule has 3 N–H and O–H groups in total. The topological polar surface area (TPSA) is 62.9 Å². The number of nitrogens with one attached hydrogen (secondary N) is 3. The van der Waals surface area contributed by atoms with Crippen LogP contribution in [0.3, 0.4) is 0 Å². The molecule has 0 saturated heterocycles. The van der Waals surface area contributed by atoms with E-state index in [1.165, 1.54) is 4.90 Å². The van der Waals surface area contributed by atoms with Crippen molar-refractivity contribution in [2.45, 2.75) is 20.3 Å². The van der Waals surface area contributed by atoms with Crippen LogP contribution in [0.2, 0.25) is 0 Å². The monoisotopic (exact) mass is 300 g/mol. The Morgan fingerprint density at radius 1 is 1.36 bits per heavy atom. The molecule has 6 nitrogen and oxygen atoms in total. The quantitative estimate of drug-likeness (QED) is 0.699. The zero-order valence-corrected chi connectivity index (χ0v) is 13.2. The minimum atomic E-state index is -0.164. The lowest BCUT2D eigenvalue weighted by Gasteiger charge is -2.20. The molecule has 22 heavy (non-hydrogen) atoms. The molecule has 3 heterocycles. The first-order valence-corrected chi connectivity index (χ1v) is 7.56. The number of imidazole rings is 1. The van der Waals surface area contributed by atoms with Crippen LogP contribution in [-0.4, -0.2) is 35.4 Å². The lowest BCUT2D eigenvalue weighted by molar-refractivity contribution is -0.875. The van der Waals surface area contributed by atoms with Crippen molar-refractivity contribution in [2.24, 2.45) is 0 Å². The van der Waals surface area contributed by atoms with Gasteiger partial charge in [0.15, 0.2) is 0 Å². The molecule has 0 bridgehead atoms. The third kappa shape index (κ3) is 2.82. The van der Waals surface area contributed by atoms with Crippen LogP contribution in [0.5, 0.6) is 0 Å². The molecule has 1 aliphatic heterocycles. The first kappa shape index (κ1) is 14.6. The molecule has 0 aromatic carbocycles. The van der Waals surface area contributed by atoms with Crippen LogP contribution < -0.4 is 15.8 Å². The van der Waals surface area contributed by atoms with Gasteiger partial charge in [-0.1, -0.05) is 6.07 Å². The van der Waals surface area contributed by atoms with E-state index < -0.39 is 0 Å². The molecule has 0 radical (unpaired) electrons. The lowest BCUT2D eigenvalue weighted by atomic mass is 10.2. The molecule has 3 rings (SSSR count). The number of carbonyl (C=O) groups is 1. The summed E-state index contributed by atoms with van der Waals surface area (Å²) >= 11 is 0. The van der Waals surface area contributed by atoms with E-state index in [1.54, 1.807) is 0 Å². The summed E-state index contributed by atoms with van der Waals surface area (Å²) in [6, 6.07) is 3.92. The molecule has 0 saturated carbocycles. The first-order chi connectivity index (χ1) is 10.5. The summed E-state index contributed by atoms with van der Waals surface area (Å²) in [5.74, 6) is -0.164. The van der Waals surface area contributed by atoms with Crippen LogP contribution in [0.25, 0.3) is 5.65 Å². The minimum absolute atomic E-state index is 0.164. The van der Waals surface area contributed by atoms with Crippen molar-refractivity contribution in [1.29, 1.82) is 0 Å². The van der Waals surface area contributed by atoms with Crippen LogP contribution in [0, 0.1) is 13.8 Å². The van der Waals surface area contributed by atoms with Gasteiger partial charge in [-0.2, -0.15) is 0 Å². The Hall–Kier alpha value is -2.34. The van der Waals surface area contributed by atoms with Gasteiger partial charge in [0, 0.05) is 18.3 Å². The van der Waals surface area contributed by atoms with E-state index in [1.807, 2.05) is 36.6 Å². The summed E-state index contributed by atoms with van der Waals surface area (Å²) < 4.78 is 1.84. The molecule has 1 aliphatic rings. The number of nitrogens with zero attached hydrogens (tertiary/aromatic N) is 2. The van der Waals surface area contributed by atoms with Gasteiger partial charge < -0.3 is 10.3 Å². The summed E-state index contributed by atoms with van der Waals surface area (Å²) in [5, 5.41) is 0. The second-order valence-corrected chi connectivity index (χ2v) is 5.95. The smallest absolute Gasteiger partial charge is 0.288 e. The SMILES string of the molecule is Cc1ccc2nc(C)c(C(=O)NNC3=CC[NH+](C)CC3)n2c1. The predicted octanol–water partition coefficient (Wildman–Crippen LogP) is -0.0122. The standard InChI is InChI=1S/C16H21N5O/c1-11-4-5-14-17-12(2)15(21(14)10-11)16(22)19-18-13-6-8-20(3)9-7-13/h4-6,10,18H,7-9H2,1-3H3,(H,19,22)/p+1. The average Bonchev–Trinajstić information content (AvgIpc) is 2.81. The van der Waals surface area contributed by atoms with E-state index in [0.29, 0.717) is 5.69 Å². The second kappa shape index (κ2) is 5.81. The van der Waals surface area contributed by atoms with Crippen molar-refractivity contribution in [3.63, 3.8) is 0 Å². The van der Waals surface area contributed by atoms with Crippen LogP contribution >= 0.6 is 0 Å². The highest BCUT2D eigenvalue weighted by Gasteiger charge is 2.17. The number of hydrogen-bond acceptors (Lipinski definition) is 3. The Kier molecular flexibility index (Phi) is 3.85. The van der Waals surface area contributed by atoms with Crippen molar-refractivity contribution in [3.05, 3.63) is 47.1 Å². The van der Waals surface area contributed by atoms with Crippen molar-refractivity contribution < 1.29 is 9.69 Å². The molecule has 1 unspecified atom stereocenters. The normalized spacial score (nSPS) is 18.1. The number of amides is 1.